The number of carbonyl (C=O) groups is 2. The van der Waals surface area contributed by atoms with Gasteiger partial charge in [0, 0.05) is 7.11 Å². The minimum atomic E-state index is -4.77. The van der Waals surface area contributed by atoms with E-state index in [1.807, 2.05) is 0 Å². The van der Waals surface area contributed by atoms with E-state index in [1.54, 1.807) is 6.08 Å². The summed E-state index contributed by atoms with van der Waals surface area (Å²) in [6.07, 6.45) is -6.00. The number of fused-ring (bicyclic) bond motifs is 1. The maximum absolute atomic E-state index is 14.3. The Morgan fingerprint density at radius 2 is 1.76 bits per heavy atom. The lowest BCUT2D eigenvalue weighted by Crippen LogP contribution is -2.87. The number of aromatic hydroxyl groups is 1. The largest absolute Gasteiger partial charge is 0.504 e. The average molecular weight is 846 g/mol. The molecule has 22 nitrogen and oxygen atoms in total. The lowest BCUT2D eigenvalue weighted by atomic mass is 10.0. The third-order valence-electron chi connectivity index (χ3n) is 8.95. The number of anilines is 2. The fourth-order valence-electron chi connectivity index (χ4n) is 6.14. The van der Waals surface area contributed by atoms with Gasteiger partial charge in [0.05, 0.1) is 40.9 Å². The molecule has 1 atom stereocenters. The van der Waals surface area contributed by atoms with Gasteiger partial charge in [-0.1, -0.05) is 24.6 Å². The van der Waals surface area contributed by atoms with Crippen LogP contribution in [0.1, 0.15) is 46.6 Å². The first-order valence-corrected chi connectivity index (χ1v) is 17.0. The molecule has 4 aromatic rings. The summed E-state index contributed by atoms with van der Waals surface area (Å²) in [6.45, 7) is 1.92. The number of halogens is 4. The van der Waals surface area contributed by atoms with Crippen molar-refractivity contribution in [2.45, 2.75) is 63.4 Å². The summed E-state index contributed by atoms with van der Waals surface area (Å²) in [5.74, 6) is -17.8. The Kier molecular flexibility index (Phi) is 11.9. The van der Waals surface area contributed by atoms with E-state index >= 15 is 0 Å². The molecule has 2 aliphatic rings. The number of carbonyl (C=O) groups excluding carboxylic acids is 2. The zero-order valence-electron chi connectivity index (χ0n) is 30.2. The van der Waals surface area contributed by atoms with E-state index in [1.165, 1.54) is 13.8 Å². The predicted molar refractivity (Wildman–Crippen MR) is 188 cm³/mol. The number of hydrogen-bond donors (Lipinski definition) is 10. The third-order valence-corrected chi connectivity index (χ3v) is 9.26. The molecular weight excluding hydrogens is 811 g/mol. The molecule has 0 radical (unpaired) electrons. The van der Waals surface area contributed by atoms with Crippen LogP contribution in [0.3, 0.4) is 0 Å². The molecule has 6 rings (SSSR count). The highest BCUT2D eigenvalue weighted by molar-refractivity contribution is 6.33. The van der Waals surface area contributed by atoms with Gasteiger partial charge in [-0.15, -0.1) is 5.10 Å². The number of ether oxygens (including phenoxy) is 1. The number of nitrogens with one attached hydrogen (secondary N) is 1. The first-order valence-electron chi connectivity index (χ1n) is 16.6. The highest BCUT2D eigenvalue weighted by atomic mass is 35.5. The van der Waals surface area contributed by atoms with Crippen LogP contribution < -0.4 is 15.8 Å². The monoisotopic (exact) mass is 845 g/mol. The van der Waals surface area contributed by atoms with Gasteiger partial charge in [-0.25, -0.2) is 14.9 Å². The van der Waals surface area contributed by atoms with Crippen molar-refractivity contribution in [3.63, 3.8) is 0 Å². The zero-order chi connectivity index (χ0) is 43.3. The number of hydrogen-bond acceptors (Lipinski definition) is 18. The van der Waals surface area contributed by atoms with Crippen molar-refractivity contribution in [1.82, 2.24) is 34.0 Å². The van der Waals surface area contributed by atoms with Crippen LogP contribution in [0.5, 0.6) is 5.75 Å². The van der Waals surface area contributed by atoms with Crippen molar-refractivity contribution in [2.24, 2.45) is 0 Å². The Labute approximate surface area is 327 Å². The fraction of sp³-hybridized carbons (Fsp3) is 0.406. The normalized spacial score (nSPS) is 18.7. The van der Waals surface area contributed by atoms with Gasteiger partial charge in [-0.2, -0.15) is 22.7 Å². The van der Waals surface area contributed by atoms with Crippen LogP contribution >= 0.6 is 11.6 Å². The Morgan fingerprint density at radius 3 is 2.34 bits per heavy atom. The number of amides is 2. The van der Waals surface area contributed by atoms with E-state index in [2.05, 4.69) is 25.4 Å². The summed E-state index contributed by atoms with van der Waals surface area (Å²) in [4.78, 5) is 51.6. The van der Waals surface area contributed by atoms with Gasteiger partial charge in [0.1, 0.15) is 18.6 Å². The van der Waals surface area contributed by atoms with E-state index in [0.29, 0.717) is 22.2 Å². The first-order chi connectivity index (χ1) is 27.0. The highest BCUT2D eigenvalue weighted by Crippen LogP contribution is 2.44. The second kappa shape index (κ2) is 15.8. The number of aromatic nitrogens is 6. The molecule has 5 heterocycles. The van der Waals surface area contributed by atoms with Crippen molar-refractivity contribution in [3.8, 4) is 5.75 Å². The number of nitrogens with zero attached hydrogens (tertiary/aromatic N) is 8. The molecule has 0 aliphatic carbocycles. The highest BCUT2D eigenvalue weighted by Gasteiger charge is 2.73. The molecule has 1 aromatic carbocycles. The first kappa shape index (κ1) is 43.8. The van der Waals surface area contributed by atoms with E-state index < -0.39 is 109 Å². The van der Waals surface area contributed by atoms with Gasteiger partial charge in [-0.05, 0) is 43.5 Å². The van der Waals surface area contributed by atoms with E-state index in [-0.39, 0.29) is 36.8 Å². The van der Waals surface area contributed by atoms with Gasteiger partial charge in [0.2, 0.25) is 17.9 Å². The molecule has 1 fully saturated rings. The van der Waals surface area contributed by atoms with Gasteiger partial charge in [0.25, 0.3) is 17.4 Å². The molecule has 314 valence electrons. The molecular formula is C32H35ClF3N9O13. The lowest BCUT2D eigenvalue weighted by molar-refractivity contribution is -0.473. The molecule has 10 N–H and O–H groups in total. The standard InChI is InChI=1S/C31H31ClF3N9O12.CH4O/c1-3-18-21(44-29(50,51)26(49)42(30(52,53)31(44,54)55)24(47)20-22(46)13(2)36-12-37-20)25(48)43-27(39-23(40-43)14-6-8-56-9-7-14)41(18)11-19(45)38-17-5-4-15(10-16(17)32)28(33,34)35;1-2/h4-6,10,12,26,46,49-55H,3,7-9,11H2,1-2H3,(H,38,45);2H,1H3. The summed E-state index contributed by atoms with van der Waals surface area (Å²) in [5.41, 5.74) is -5.55. The van der Waals surface area contributed by atoms with Crippen molar-refractivity contribution in [2.75, 3.05) is 30.5 Å². The van der Waals surface area contributed by atoms with Crippen molar-refractivity contribution < 1.29 is 73.5 Å². The second-order valence-corrected chi connectivity index (χ2v) is 12.9. The minimum absolute atomic E-state index is 0.114. The van der Waals surface area contributed by atoms with Crippen LogP contribution in [0, 0.1) is 6.92 Å². The van der Waals surface area contributed by atoms with Crippen LogP contribution in [-0.4, -0.2) is 136 Å². The quantitative estimate of drug-likeness (QED) is 0.0916. The third kappa shape index (κ3) is 7.31. The second-order valence-electron chi connectivity index (χ2n) is 12.5. The molecule has 2 aliphatic heterocycles. The molecule has 3 aromatic heterocycles. The Hall–Kier alpha value is -5.35. The maximum atomic E-state index is 14.3. The van der Waals surface area contributed by atoms with Crippen LogP contribution in [0.25, 0.3) is 11.4 Å². The molecule has 1 unspecified atom stereocenters. The smallest absolute Gasteiger partial charge is 0.416 e. The molecule has 2 amide bonds. The predicted octanol–water partition coefficient (Wildman–Crippen LogP) is -1.82. The minimum Gasteiger partial charge on any atom is -0.504 e. The summed E-state index contributed by atoms with van der Waals surface area (Å²) in [6, 6.07) is 2.07. The number of piperazine rings is 1. The molecule has 58 heavy (non-hydrogen) atoms. The van der Waals surface area contributed by atoms with Gasteiger partial charge >= 0.3 is 18.0 Å². The summed E-state index contributed by atoms with van der Waals surface area (Å²) in [7, 11) is 1.00. The van der Waals surface area contributed by atoms with Gasteiger partial charge in [0.15, 0.2) is 17.3 Å². The molecule has 0 spiro atoms. The average Bonchev–Trinajstić information content (AvgIpc) is 3.61. The lowest BCUT2D eigenvalue weighted by Gasteiger charge is -2.58. The van der Waals surface area contributed by atoms with Crippen LogP contribution in [0.15, 0.2) is 35.4 Å². The maximum Gasteiger partial charge on any atom is 0.416 e. The Balaban J connectivity index is 0.00000315. The molecule has 0 saturated carbocycles. The molecule has 1 saturated heterocycles. The molecule has 26 heteroatoms. The fourth-order valence-corrected chi connectivity index (χ4v) is 6.37. The number of benzene rings is 1. The number of alkyl halides is 3. The SMILES string of the molecule is CCc1c(N2C(O)(O)C(O)N(C(=O)c3ncnc(C)c3O)C(O)(O)C2(O)O)c(=O)n2nc(C3=CCOCC3)nc2n1CC(=O)Nc1ccc(C(F)(F)F)cc1Cl.CO. The van der Waals surface area contributed by atoms with Gasteiger partial charge < -0.3 is 60.6 Å². The van der Waals surface area contributed by atoms with Crippen molar-refractivity contribution >= 4 is 46.1 Å². The Bertz CT molecular complexity index is 2350. The van der Waals surface area contributed by atoms with Crippen LogP contribution in [0.2, 0.25) is 5.02 Å². The van der Waals surface area contributed by atoms with Crippen molar-refractivity contribution in [3.05, 3.63) is 74.4 Å². The van der Waals surface area contributed by atoms with Crippen LogP contribution in [0.4, 0.5) is 24.5 Å². The number of rotatable bonds is 7. The topological polar surface area (TPSA) is 322 Å². The van der Waals surface area contributed by atoms with Crippen LogP contribution in [-0.2, 0) is 28.7 Å². The summed E-state index contributed by atoms with van der Waals surface area (Å²) < 4.78 is 46.4. The number of aryl methyl sites for hydroxylation is 1. The van der Waals surface area contributed by atoms with Gasteiger partial charge in [-0.3, -0.25) is 19.3 Å². The number of aliphatic hydroxyl groups excluding tert-OH is 2. The summed E-state index contributed by atoms with van der Waals surface area (Å²) >= 11 is 6.02. The summed E-state index contributed by atoms with van der Waals surface area (Å²) in [5, 5.41) is 103. The van der Waals surface area contributed by atoms with E-state index in [0.717, 1.165) is 24.1 Å². The van der Waals surface area contributed by atoms with E-state index in [9.17, 15) is 68.4 Å². The van der Waals surface area contributed by atoms with Crippen molar-refractivity contribution in [1.29, 1.82) is 0 Å². The zero-order valence-corrected chi connectivity index (χ0v) is 31.0. The molecule has 0 bridgehead atoms. The van der Waals surface area contributed by atoms with E-state index in [4.69, 9.17) is 21.4 Å². The number of aliphatic hydroxyl groups is 8. The Morgan fingerprint density at radius 1 is 1.09 bits per heavy atom.